The highest BCUT2D eigenvalue weighted by Crippen LogP contribution is 2.37. The third kappa shape index (κ3) is 4.14. The first-order chi connectivity index (χ1) is 14.0. The second-order valence-electron chi connectivity index (χ2n) is 6.74. The number of hydrogen-bond acceptors (Lipinski definition) is 6. The number of thiazole rings is 1. The highest BCUT2D eigenvalue weighted by atomic mass is 32.1. The van der Waals surface area contributed by atoms with Crippen molar-refractivity contribution in [3.63, 3.8) is 0 Å². The molecule has 0 unspecified atom stereocenters. The van der Waals surface area contributed by atoms with E-state index in [2.05, 4.69) is 4.98 Å². The summed E-state index contributed by atoms with van der Waals surface area (Å²) in [5.41, 5.74) is 3.21. The predicted molar refractivity (Wildman–Crippen MR) is 111 cm³/mol. The van der Waals surface area contributed by atoms with Crippen molar-refractivity contribution in [1.29, 1.82) is 0 Å². The minimum absolute atomic E-state index is 0.104. The maximum absolute atomic E-state index is 12.5. The van der Waals surface area contributed by atoms with Gasteiger partial charge in [0.2, 0.25) is 0 Å². The van der Waals surface area contributed by atoms with Gasteiger partial charge >= 0.3 is 5.97 Å². The van der Waals surface area contributed by atoms with Crippen molar-refractivity contribution in [2.75, 3.05) is 18.1 Å². The fraction of sp³-hybridized carbons (Fsp3) is 0.227. The van der Waals surface area contributed by atoms with Crippen LogP contribution >= 0.6 is 11.3 Å². The van der Waals surface area contributed by atoms with Gasteiger partial charge in [-0.05, 0) is 37.6 Å². The molecule has 148 valence electrons. The molecule has 2 heterocycles. The quantitative estimate of drug-likeness (QED) is 0.599. The number of hydrogen-bond donors (Lipinski definition) is 0. The number of anilines is 1. The zero-order valence-electron chi connectivity index (χ0n) is 16.2. The number of nitrogens with zero attached hydrogens (tertiary/aromatic N) is 2. The summed E-state index contributed by atoms with van der Waals surface area (Å²) in [4.78, 5) is 31.9. The van der Waals surface area contributed by atoms with Gasteiger partial charge in [0.1, 0.15) is 18.9 Å². The fourth-order valence-electron chi connectivity index (χ4n) is 3.23. The van der Waals surface area contributed by atoms with Gasteiger partial charge in [-0.3, -0.25) is 14.5 Å². The molecule has 0 fully saturated rings. The van der Waals surface area contributed by atoms with E-state index in [4.69, 9.17) is 9.47 Å². The van der Waals surface area contributed by atoms with Gasteiger partial charge in [0.05, 0.1) is 16.4 Å². The van der Waals surface area contributed by atoms with Crippen LogP contribution in [0.1, 0.15) is 15.4 Å². The summed E-state index contributed by atoms with van der Waals surface area (Å²) < 4.78 is 10.9. The number of aryl methyl sites for hydroxylation is 2. The molecule has 0 radical (unpaired) electrons. The smallest absolute Gasteiger partial charge is 0.326 e. The third-order valence-electron chi connectivity index (χ3n) is 4.61. The monoisotopic (exact) mass is 408 g/mol. The fourth-order valence-corrected chi connectivity index (χ4v) is 4.07. The second-order valence-corrected chi connectivity index (χ2v) is 8.14. The average Bonchev–Trinajstić information content (AvgIpc) is 3.07. The van der Waals surface area contributed by atoms with Crippen LogP contribution in [0.25, 0.3) is 11.3 Å². The Morgan fingerprint density at radius 1 is 1.21 bits per heavy atom. The van der Waals surface area contributed by atoms with E-state index in [1.54, 1.807) is 11.3 Å². The molecule has 7 heteroatoms. The molecule has 4 rings (SSSR count). The number of benzene rings is 2. The van der Waals surface area contributed by atoms with Crippen molar-refractivity contribution < 1.29 is 19.1 Å². The Morgan fingerprint density at radius 2 is 2.00 bits per heavy atom. The molecule has 1 aromatic heterocycles. The lowest BCUT2D eigenvalue weighted by molar-refractivity contribution is -0.144. The van der Waals surface area contributed by atoms with Gasteiger partial charge in [0, 0.05) is 10.4 Å². The Labute approximate surface area is 172 Å². The molecule has 1 aliphatic heterocycles. The highest BCUT2D eigenvalue weighted by molar-refractivity contribution is 7.11. The number of carbonyl (C=O) groups excluding carboxylic acids is 2. The van der Waals surface area contributed by atoms with Gasteiger partial charge in [-0.2, -0.15) is 0 Å². The first kappa shape index (κ1) is 19.1. The second kappa shape index (κ2) is 8.05. The molecule has 0 aliphatic carbocycles. The maximum Gasteiger partial charge on any atom is 0.326 e. The van der Waals surface area contributed by atoms with Crippen LogP contribution in [0.5, 0.6) is 5.75 Å². The van der Waals surface area contributed by atoms with Gasteiger partial charge in [-0.1, -0.05) is 30.3 Å². The maximum atomic E-state index is 12.5. The van der Waals surface area contributed by atoms with Crippen LogP contribution in [0, 0.1) is 13.8 Å². The Kier molecular flexibility index (Phi) is 5.31. The van der Waals surface area contributed by atoms with Crippen molar-refractivity contribution in [3.8, 4) is 17.0 Å². The molecule has 0 spiro atoms. The summed E-state index contributed by atoms with van der Waals surface area (Å²) in [5.74, 6) is -0.188. The molecule has 0 N–H and O–H groups in total. The minimum atomic E-state index is -0.471. The number of aromatic nitrogens is 1. The molecule has 0 bridgehead atoms. The normalized spacial score (nSPS) is 13.0. The van der Waals surface area contributed by atoms with E-state index >= 15 is 0 Å². The van der Waals surface area contributed by atoms with E-state index < -0.39 is 5.97 Å². The lowest BCUT2D eigenvalue weighted by Crippen LogP contribution is -2.42. The van der Waals surface area contributed by atoms with Gasteiger partial charge in [-0.25, -0.2) is 4.98 Å². The first-order valence-electron chi connectivity index (χ1n) is 9.22. The molecule has 2 aromatic carbocycles. The van der Waals surface area contributed by atoms with E-state index in [-0.39, 0.29) is 25.7 Å². The van der Waals surface area contributed by atoms with Crippen LogP contribution in [0.4, 0.5) is 5.69 Å². The summed E-state index contributed by atoms with van der Waals surface area (Å²) in [5, 5.41) is 0.976. The largest absolute Gasteiger partial charge is 0.482 e. The van der Waals surface area contributed by atoms with Gasteiger partial charge in [0.25, 0.3) is 5.91 Å². The van der Waals surface area contributed by atoms with Crippen molar-refractivity contribution >= 4 is 28.9 Å². The first-order valence-corrected chi connectivity index (χ1v) is 10.0. The van der Waals surface area contributed by atoms with Crippen molar-refractivity contribution in [1.82, 2.24) is 4.98 Å². The lowest BCUT2D eigenvalue weighted by atomic mass is 10.1. The topological polar surface area (TPSA) is 68.7 Å². The van der Waals surface area contributed by atoms with E-state index in [9.17, 15) is 9.59 Å². The standard InChI is InChI=1S/C22H20N2O4S/c1-14-22(23-15(2)29-14)17-8-9-19-18(10-17)24(20(25)13-27-19)11-21(26)28-12-16-6-4-3-5-7-16/h3-10H,11-13H2,1-2H3. The molecule has 0 saturated heterocycles. The molecule has 0 atom stereocenters. The van der Waals surface area contributed by atoms with Gasteiger partial charge in [0.15, 0.2) is 6.61 Å². The van der Waals surface area contributed by atoms with Crippen LogP contribution in [-0.2, 0) is 20.9 Å². The van der Waals surface area contributed by atoms with Crippen molar-refractivity contribution in [3.05, 3.63) is 64.0 Å². The van der Waals surface area contributed by atoms with Crippen molar-refractivity contribution in [2.24, 2.45) is 0 Å². The molecule has 0 saturated carbocycles. The van der Waals surface area contributed by atoms with Crippen LogP contribution in [0.3, 0.4) is 0 Å². The summed E-state index contributed by atoms with van der Waals surface area (Å²) >= 11 is 1.62. The highest BCUT2D eigenvalue weighted by Gasteiger charge is 2.28. The third-order valence-corrected chi connectivity index (χ3v) is 5.49. The van der Waals surface area contributed by atoms with Crippen LogP contribution in [0.15, 0.2) is 48.5 Å². The molecule has 29 heavy (non-hydrogen) atoms. The zero-order valence-corrected chi connectivity index (χ0v) is 17.0. The van der Waals surface area contributed by atoms with E-state index in [0.717, 1.165) is 26.7 Å². The molecule has 1 amide bonds. The summed E-state index contributed by atoms with van der Waals surface area (Å²) in [7, 11) is 0. The van der Waals surface area contributed by atoms with E-state index in [0.29, 0.717) is 11.4 Å². The Morgan fingerprint density at radius 3 is 2.72 bits per heavy atom. The summed E-state index contributed by atoms with van der Waals surface area (Å²) in [6, 6.07) is 15.0. The molecule has 1 aliphatic rings. The number of ether oxygens (including phenoxy) is 2. The number of carbonyl (C=O) groups is 2. The number of fused-ring (bicyclic) bond motifs is 1. The van der Waals surface area contributed by atoms with Crippen LogP contribution in [-0.4, -0.2) is 30.0 Å². The molecule has 6 nitrogen and oxygen atoms in total. The molecular formula is C22H20N2O4S. The molecule has 3 aromatic rings. The van der Waals surface area contributed by atoms with Crippen LogP contribution in [0.2, 0.25) is 0 Å². The number of amides is 1. The van der Waals surface area contributed by atoms with Crippen LogP contribution < -0.4 is 9.64 Å². The Hall–Kier alpha value is -3.19. The van der Waals surface area contributed by atoms with Crippen molar-refractivity contribution in [2.45, 2.75) is 20.5 Å². The predicted octanol–water partition coefficient (Wildman–Crippen LogP) is 3.90. The average molecular weight is 408 g/mol. The number of esters is 1. The number of rotatable bonds is 5. The zero-order chi connectivity index (χ0) is 20.4. The summed E-state index contributed by atoms with van der Waals surface area (Å²) in [6.45, 7) is 3.87. The Bertz CT molecular complexity index is 1060. The van der Waals surface area contributed by atoms with E-state index in [1.165, 1.54) is 4.90 Å². The molecular weight excluding hydrogens is 388 g/mol. The van der Waals surface area contributed by atoms with Gasteiger partial charge < -0.3 is 9.47 Å². The lowest BCUT2D eigenvalue weighted by Gasteiger charge is -2.29. The Balaban J connectivity index is 1.55. The minimum Gasteiger partial charge on any atom is -0.482 e. The summed E-state index contributed by atoms with van der Waals surface area (Å²) in [6.07, 6.45) is 0. The van der Waals surface area contributed by atoms with Gasteiger partial charge in [-0.15, -0.1) is 11.3 Å². The van der Waals surface area contributed by atoms with E-state index in [1.807, 2.05) is 62.4 Å². The SMILES string of the molecule is Cc1nc(-c2ccc3c(c2)N(CC(=O)OCc2ccccc2)C(=O)CO3)c(C)s1.